The molecule has 0 aliphatic heterocycles. The first kappa shape index (κ1) is 23.2. The number of aromatic amines is 2. The lowest BCUT2D eigenvalue weighted by atomic mass is 10.1. The molecule has 180 valence electrons. The second-order valence-corrected chi connectivity index (χ2v) is 8.81. The van der Waals surface area contributed by atoms with Crippen molar-refractivity contribution in [3.05, 3.63) is 111 Å². The number of benzene rings is 3. The molecule has 1 amide bonds. The van der Waals surface area contributed by atoms with Crippen LogP contribution in [-0.4, -0.2) is 36.4 Å². The number of nitrogens with zero attached hydrogens (tertiary/aromatic N) is 3. The largest absolute Gasteiger partial charge is 0.325 e. The maximum atomic E-state index is 13.6. The highest BCUT2D eigenvalue weighted by molar-refractivity contribution is 7.99. The SMILES string of the molecule is O=C(CSc1nnc(Cc2cc(=O)[nH]c(=O)[nH]2)n1-c1ccc(F)cc1)Nc1cccc2ccccc12. The van der Waals surface area contributed by atoms with Gasteiger partial charge in [0, 0.05) is 34.9 Å². The average Bonchev–Trinajstić information content (AvgIpc) is 3.25. The number of halogens is 1. The lowest BCUT2D eigenvalue weighted by molar-refractivity contribution is -0.113. The number of hydrogen-bond donors (Lipinski definition) is 3. The number of hydrogen-bond acceptors (Lipinski definition) is 6. The van der Waals surface area contributed by atoms with Gasteiger partial charge in [-0.2, -0.15) is 0 Å². The molecule has 3 aromatic carbocycles. The van der Waals surface area contributed by atoms with Crippen LogP contribution in [0.2, 0.25) is 0 Å². The van der Waals surface area contributed by atoms with Crippen molar-refractivity contribution in [3.63, 3.8) is 0 Å². The van der Waals surface area contributed by atoms with Crippen molar-refractivity contribution in [2.45, 2.75) is 11.6 Å². The Morgan fingerprint density at radius 1 is 0.972 bits per heavy atom. The molecule has 0 fully saturated rings. The van der Waals surface area contributed by atoms with E-state index >= 15 is 0 Å². The third-order valence-corrected chi connectivity index (χ3v) is 6.27. The van der Waals surface area contributed by atoms with Crippen LogP contribution < -0.4 is 16.6 Å². The number of carbonyl (C=O) groups is 1. The van der Waals surface area contributed by atoms with Gasteiger partial charge < -0.3 is 10.3 Å². The summed E-state index contributed by atoms with van der Waals surface area (Å²) in [5.41, 5.74) is 0.439. The minimum absolute atomic E-state index is 0.0460. The predicted octanol–water partition coefficient (Wildman–Crippen LogP) is 3.26. The van der Waals surface area contributed by atoms with Gasteiger partial charge in [0.05, 0.1) is 5.75 Å². The molecule has 0 bridgehead atoms. The van der Waals surface area contributed by atoms with Gasteiger partial charge in [0.2, 0.25) is 5.91 Å². The van der Waals surface area contributed by atoms with Gasteiger partial charge in [0.1, 0.15) is 11.6 Å². The van der Waals surface area contributed by atoms with Crippen LogP contribution in [0.4, 0.5) is 10.1 Å². The monoisotopic (exact) mass is 502 g/mol. The van der Waals surface area contributed by atoms with Gasteiger partial charge in [-0.15, -0.1) is 10.2 Å². The summed E-state index contributed by atoms with van der Waals surface area (Å²) in [7, 11) is 0. The number of fused-ring (bicyclic) bond motifs is 1. The van der Waals surface area contributed by atoms with Crippen molar-refractivity contribution in [2.75, 3.05) is 11.1 Å². The molecular formula is C25H19FN6O3S. The highest BCUT2D eigenvalue weighted by Crippen LogP contribution is 2.26. The first-order chi connectivity index (χ1) is 17.5. The molecule has 0 atom stereocenters. The lowest BCUT2D eigenvalue weighted by Crippen LogP contribution is -2.23. The molecule has 36 heavy (non-hydrogen) atoms. The quantitative estimate of drug-likeness (QED) is 0.294. The highest BCUT2D eigenvalue weighted by atomic mass is 32.2. The fourth-order valence-electron chi connectivity index (χ4n) is 3.79. The molecule has 2 heterocycles. The Hall–Kier alpha value is -4.51. The van der Waals surface area contributed by atoms with Crippen LogP contribution in [0, 0.1) is 5.82 Å². The van der Waals surface area contributed by atoms with Crippen LogP contribution in [0.3, 0.4) is 0 Å². The molecule has 0 aliphatic carbocycles. The molecule has 0 radical (unpaired) electrons. The van der Waals surface area contributed by atoms with E-state index in [1.54, 1.807) is 16.7 Å². The van der Waals surface area contributed by atoms with Crippen molar-refractivity contribution in [1.82, 2.24) is 24.7 Å². The predicted molar refractivity (Wildman–Crippen MR) is 135 cm³/mol. The van der Waals surface area contributed by atoms with Crippen LogP contribution >= 0.6 is 11.8 Å². The summed E-state index contributed by atoms with van der Waals surface area (Å²) in [6, 6.07) is 20.4. The van der Waals surface area contributed by atoms with Gasteiger partial charge in [-0.25, -0.2) is 9.18 Å². The molecule has 9 nitrogen and oxygen atoms in total. The summed E-state index contributed by atoms with van der Waals surface area (Å²) in [4.78, 5) is 40.8. The number of nitrogens with one attached hydrogen (secondary N) is 3. The Kier molecular flexibility index (Phi) is 6.46. The molecule has 0 spiro atoms. The number of amides is 1. The van der Waals surface area contributed by atoms with E-state index in [1.807, 2.05) is 42.5 Å². The minimum atomic E-state index is -0.634. The third kappa shape index (κ3) is 5.10. The van der Waals surface area contributed by atoms with Gasteiger partial charge in [-0.1, -0.05) is 48.2 Å². The lowest BCUT2D eigenvalue weighted by Gasteiger charge is -2.11. The van der Waals surface area contributed by atoms with E-state index in [4.69, 9.17) is 0 Å². The number of aromatic nitrogens is 5. The van der Waals surface area contributed by atoms with E-state index in [0.29, 0.717) is 28.0 Å². The molecule has 0 saturated heterocycles. The zero-order valence-electron chi connectivity index (χ0n) is 18.7. The zero-order valence-corrected chi connectivity index (χ0v) is 19.5. The minimum Gasteiger partial charge on any atom is -0.325 e. The second kappa shape index (κ2) is 10.0. The fraction of sp³-hybridized carbons (Fsp3) is 0.0800. The van der Waals surface area contributed by atoms with Crippen molar-refractivity contribution >= 4 is 34.1 Å². The fourth-order valence-corrected chi connectivity index (χ4v) is 4.56. The molecule has 5 rings (SSSR count). The summed E-state index contributed by atoms with van der Waals surface area (Å²) >= 11 is 1.16. The van der Waals surface area contributed by atoms with Crippen LogP contribution in [0.1, 0.15) is 11.5 Å². The number of thioether (sulfide) groups is 1. The van der Waals surface area contributed by atoms with Crippen molar-refractivity contribution < 1.29 is 9.18 Å². The summed E-state index contributed by atoms with van der Waals surface area (Å²) in [6.45, 7) is 0. The Morgan fingerprint density at radius 3 is 2.56 bits per heavy atom. The molecule has 2 aromatic heterocycles. The topological polar surface area (TPSA) is 126 Å². The summed E-state index contributed by atoms with van der Waals surface area (Å²) in [6.07, 6.45) is 0.0896. The zero-order chi connectivity index (χ0) is 25.1. The smallest absolute Gasteiger partial charge is 0.325 e. The second-order valence-electron chi connectivity index (χ2n) is 7.86. The van der Waals surface area contributed by atoms with Gasteiger partial charge in [0.25, 0.3) is 5.56 Å². The number of anilines is 1. The van der Waals surface area contributed by atoms with Crippen LogP contribution in [0.5, 0.6) is 0 Å². The molecule has 0 aliphatic rings. The van der Waals surface area contributed by atoms with E-state index in [9.17, 15) is 18.8 Å². The van der Waals surface area contributed by atoms with E-state index in [1.165, 1.54) is 18.2 Å². The van der Waals surface area contributed by atoms with Gasteiger partial charge in [-0.05, 0) is 35.7 Å². The van der Waals surface area contributed by atoms with Crippen molar-refractivity contribution in [1.29, 1.82) is 0 Å². The normalized spacial score (nSPS) is 11.0. The highest BCUT2D eigenvalue weighted by Gasteiger charge is 2.17. The van der Waals surface area contributed by atoms with E-state index in [2.05, 4.69) is 25.5 Å². The standard InChI is InChI=1S/C25H19FN6O3S/c26-16-8-10-18(11-9-16)32-21(12-17-13-22(33)29-24(35)27-17)30-31-25(32)36-14-23(34)28-20-7-3-5-15-4-1-2-6-19(15)20/h1-11,13H,12,14H2,(H,28,34)(H2,27,29,33,35). The maximum Gasteiger partial charge on any atom is 0.325 e. The third-order valence-electron chi connectivity index (χ3n) is 5.35. The Labute approximate surface area is 207 Å². The number of H-pyrrole nitrogens is 2. The molecular weight excluding hydrogens is 483 g/mol. The van der Waals surface area contributed by atoms with Gasteiger partial charge >= 0.3 is 5.69 Å². The Balaban J connectivity index is 1.40. The molecule has 0 unspecified atom stereocenters. The van der Waals surface area contributed by atoms with Crippen molar-refractivity contribution in [3.8, 4) is 5.69 Å². The Bertz CT molecular complexity index is 1640. The van der Waals surface area contributed by atoms with E-state index in [-0.39, 0.29) is 18.1 Å². The number of carbonyl (C=O) groups excluding carboxylic acids is 1. The first-order valence-electron chi connectivity index (χ1n) is 10.9. The summed E-state index contributed by atoms with van der Waals surface area (Å²) < 4.78 is 15.2. The van der Waals surface area contributed by atoms with E-state index < -0.39 is 17.1 Å². The van der Waals surface area contributed by atoms with E-state index in [0.717, 1.165) is 22.5 Å². The van der Waals surface area contributed by atoms with Crippen LogP contribution in [0.15, 0.2) is 87.5 Å². The molecule has 5 aromatic rings. The summed E-state index contributed by atoms with van der Waals surface area (Å²) in [5, 5.41) is 13.7. The van der Waals surface area contributed by atoms with Gasteiger partial charge in [0.15, 0.2) is 5.16 Å². The number of rotatable bonds is 7. The van der Waals surface area contributed by atoms with Crippen molar-refractivity contribution in [2.24, 2.45) is 0 Å². The Morgan fingerprint density at radius 2 is 1.75 bits per heavy atom. The maximum absolute atomic E-state index is 13.6. The summed E-state index contributed by atoms with van der Waals surface area (Å²) in [5.74, 6) is -0.189. The van der Waals surface area contributed by atoms with Gasteiger partial charge in [-0.3, -0.25) is 19.1 Å². The average molecular weight is 503 g/mol. The molecule has 0 saturated carbocycles. The van der Waals surface area contributed by atoms with Crippen LogP contribution in [0.25, 0.3) is 16.5 Å². The molecule has 3 N–H and O–H groups in total. The van der Waals surface area contributed by atoms with Crippen LogP contribution in [-0.2, 0) is 11.2 Å². The first-order valence-corrected chi connectivity index (χ1v) is 11.9. The molecule has 11 heteroatoms.